The molecule has 1 atom stereocenters. The predicted molar refractivity (Wildman–Crippen MR) is 71.3 cm³/mol. The minimum absolute atomic E-state index is 0.0578. The van der Waals surface area contributed by atoms with Gasteiger partial charge < -0.3 is 15.2 Å². The summed E-state index contributed by atoms with van der Waals surface area (Å²) in [5, 5.41) is 11.8. The lowest BCUT2D eigenvalue weighted by molar-refractivity contribution is -0.122. The minimum Gasteiger partial charge on any atom is -0.396 e. The standard InChI is InChI=1S/C14H27NO3/c1-14(2,8-4-9-16)11-15-13(17)7-6-12-5-3-10-18-12/h12,16H,3-11H2,1-2H3,(H,15,17). The molecule has 18 heavy (non-hydrogen) atoms. The summed E-state index contributed by atoms with van der Waals surface area (Å²) in [4.78, 5) is 11.7. The molecule has 0 aromatic carbocycles. The van der Waals surface area contributed by atoms with Crippen molar-refractivity contribution in [3.63, 3.8) is 0 Å². The van der Waals surface area contributed by atoms with Crippen molar-refractivity contribution in [1.82, 2.24) is 5.32 Å². The van der Waals surface area contributed by atoms with Crippen LogP contribution in [0.4, 0.5) is 0 Å². The maximum absolute atomic E-state index is 11.7. The van der Waals surface area contributed by atoms with E-state index < -0.39 is 0 Å². The molecule has 0 bridgehead atoms. The van der Waals surface area contributed by atoms with Crippen molar-refractivity contribution in [3.05, 3.63) is 0 Å². The van der Waals surface area contributed by atoms with Crippen LogP contribution in [-0.4, -0.2) is 36.9 Å². The smallest absolute Gasteiger partial charge is 0.220 e. The second-order valence-electron chi connectivity index (χ2n) is 5.94. The molecule has 0 radical (unpaired) electrons. The second kappa shape index (κ2) is 7.74. The van der Waals surface area contributed by atoms with Crippen molar-refractivity contribution in [2.75, 3.05) is 19.8 Å². The zero-order valence-corrected chi connectivity index (χ0v) is 11.7. The van der Waals surface area contributed by atoms with Crippen LogP contribution in [0.25, 0.3) is 0 Å². The fourth-order valence-corrected chi connectivity index (χ4v) is 2.24. The van der Waals surface area contributed by atoms with Crippen LogP contribution in [0.5, 0.6) is 0 Å². The SMILES string of the molecule is CC(C)(CCCO)CNC(=O)CCC1CCCO1. The first-order valence-corrected chi connectivity index (χ1v) is 7.03. The number of rotatable bonds is 8. The molecule has 1 amide bonds. The summed E-state index contributed by atoms with van der Waals surface area (Å²) in [6, 6.07) is 0. The van der Waals surface area contributed by atoms with Gasteiger partial charge in [-0.2, -0.15) is 0 Å². The van der Waals surface area contributed by atoms with Crippen molar-refractivity contribution in [3.8, 4) is 0 Å². The molecule has 1 aliphatic rings. The minimum atomic E-state index is 0.0578. The molecule has 4 nitrogen and oxygen atoms in total. The Hall–Kier alpha value is -0.610. The number of nitrogens with one attached hydrogen (secondary N) is 1. The molecule has 2 N–H and O–H groups in total. The normalized spacial score (nSPS) is 20.1. The molecule has 4 heteroatoms. The first kappa shape index (κ1) is 15.4. The van der Waals surface area contributed by atoms with Crippen molar-refractivity contribution < 1.29 is 14.6 Å². The quantitative estimate of drug-likeness (QED) is 0.698. The van der Waals surface area contributed by atoms with E-state index in [0.717, 1.165) is 38.7 Å². The van der Waals surface area contributed by atoms with Gasteiger partial charge in [0.1, 0.15) is 0 Å². The number of amides is 1. The van der Waals surface area contributed by atoms with E-state index in [9.17, 15) is 4.79 Å². The summed E-state index contributed by atoms with van der Waals surface area (Å²) < 4.78 is 5.49. The first-order chi connectivity index (χ1) is 8.53. The molecule has 0 spiro atoms. The molecule has 1 rings (SSSR count). The molecule has 1 saturated heterocycles. The third kappa shape index (κ3) is 6.36. The topological polar surface area (TPSA) is 58.6 Å². The van der Waals surface area contributed by atoms with Gasteiger partial charge in [-0.05, 0) is 37.5 Å². The van der Waals surface area contributed by atoms with E-state index in [1.165, 1.54) is 0 Å². The van der Waals surface area contributed by atoms with Gasteiger partial charge in [0.05, 0.1) is 6.10 Å². The van der Waals surface area contributed by atoms with Gasteiger partial charge in [-0.1, -0.05) is 13.8 Å². The Balaban J connectivity index is 2.11. The van der Waals surface area contributed by atoms with Gasteiger partial charge in [0.15, 0.2) is 0 Å². The lowest BCUT2D eigenvalue weighted by Gasteiger charge is -2.24. The van der Waals surface area contributed by atoms with Crippen molar-refractivity contribution in [2.24, 2.45) is 5.41 Å². The molecule has 1 unspecified atom stereocenters. The van der Waals surface area contributed by atoms with E-state index >= 15 is 0 Å². The van der Waals surface area contributed by atoms with Crippen LogP contribution in [0.2, 0.25) is 0 Å². The van der Waals surface area contributed by atoms with E-state index in [0.29, 0.717) is 13.0 Å². The summed E-state index contributed by atoms with van der Waals surface area (Å²) in [7, 11) is 0. The molecule has 1 aliphatic heterocycles. The number of hydrogen-bond donors (Lipinski definition) is 2. The zero-order chi connectivity index (χ0) is 13.4. The fourth-order valence-electron chi connectivity index (χ4n) is 2.24. The van der Waals surface area contributed by atoms with Crippen LogP contribution in [-0.2, 0) is 9.53 Å². The highest BCUT2D eigenvalue weighted by Gasteiger charge is 2.20. The Kier molecular flexibility index (Phi) is 6.65. The van der Waals surface area contributed by atoms with Gasteiger partial charge in [-0.25, -0.2) is 0 Å². The molecule has 0 saturated carbocycles. The van der Waals surface area contributed by atoms with E-state index in [1.807, 2.05) is 0 Å². The Labute approximate surface area is 110 Å². The van der Waals surface area contributed by atoms with E-state index in [4.69, 9.17) is 9.84 Å². The summed E-state index contributed by atoms with van der Waals surface area (Å²) in [5.74, 6) is 0.113. The second-order valence-corrected chi connectivity index (χ2v) is 5.94. The predicted octanol–water partition coefficient (Wildman–Crippen LogP) is 1.86. The van der Waals surface area contributed by atoms with Crippen LogP contribution < -0.4 is 5.32 Å². The maximum atomic E-state index is 11.7. The van der Waals surface area contributed by atoms with Crippen molar-refractivity contribution in [1.29, 1.82) is 0 Å². The molecule has 0 aromatic rings. The van der Waals surface area contributed by atoms with Gasteiger partial charge in [0, 0.05) is 26.2 Å². The molecule has 1 fully saturated rings. The van der Waals surface area contributed by atoms with E-state index in [1.54, 1.807) is 0 Å². The van der Waals surface area contributed by atoms with Crippen LogP contribution in [0.15, 0.2) is 0 Å². The van der Waals surface area contributed by atoms with Crippen molar-refractivity contribution in [2.45, 2.75) is 58.5 Å². The maximum Gasteiger partial charge on any atom is 0.220 e. The molecule has 1 heterocycles. The van der Waals surface area contributed by atoms with Crippen LogP contribution >= 0.6 is 0 Å². The Morgan fingerprint density at radius 1 is 1.50 bits per heavy atom. The Bertz CT molecular complexity index is 247. The fraction of sp³-hybridized carbons (Fsp3) is 0.929. The largest absolute Gasteiger partial charge is 0.396 e. The third-order valence-electron chi connectivity index (χ3n) is 3.49. The van der Waals surface area contributed by atoms with E-state index in [-0.39, 0.29) is 24.0 Å². The van der Waals surface area contributed by atoms with Gasteiger partial charge in [-0.15, -0.1) is 0 Å². The van der Waals surface area contributed by atoms with Crippen LogP contribution in [0.1, 0.15) is 52.4 Å². The van der Waals surface area contributed by atoms with Gasteiger partial charge >= 0.3 is 0 Å². The number of aliphatic hydroxyl groups is 1. The lowest BCUT2D eigenvalue weighted by Crippen LogP contribution is -2.34. The third-order valence-corrected chi connectivity index (χ3v) is 3.49. The molecular formula is C14H27NO3. The number of carbonyl (C=O) groups excluding carboxylic acids is 1. The molecular weight excluding hydrogens is 230 g/mol. The summed E-state index contributed by atoms with van der Waals surface area (Å²) >= 11 is 0. The summed E-state index contributed by atoms with van der Waals surface area (Å²) in [6.07, 6.45) is 5.62. The highest BCUT2D eigenvalue weighted by atomic mass is 16.5. The lowest BCUT2D eigenvalue weighted by atomic mass is 9.88. The first-order valence-electron chi connectivity index (χ1n) is 7.03. The Morgan fingerprint density at radius 2 is 2.28 bits per heavy atom. The van der Waals surface area contributed by atoms with Gasteiger partial charge in [-0.3, -0.25) is 4.79 Å². The number of ether oxygens (including phenoxy) is 1. The Morgan fingerprint density at radius 3 is 2.89 bits per heavy atom. The summed E-state index contributed by atoms with van der Waals surface area (Å²) in [6.45, 7) is 5.97. The average Bonchev–Trinajstić information content (AvgIpc) is 2.84. The van der Waals surface area contributed by atoms with Crippen molar-refractivity contribution >= 4 is 5.91 Å². The number of aliphatic hydroxyl groups excluding tert-OH is 1. The highest BCUT2D eigenvalue weighted by molar-refractivity contribution is 5.75. The molecule has 0 aromatic heterocycles. The van der Waals surface area contributed by atoms with Gasteiger partial charge in [0.2, 0.25) is 5.91 Å². The molecule has 0 aliphatic carbocycles. The molecule has 106 valence electrons. The highest BCUT2D eigenvalue weighted by Crippen LogP contribution is 2.21. The number of hydrogen-bond acceptors (Lipinski definition) is 3. The monoisotopic (exact) mass is 257 g/mol. The summed E-state index contributed by atoms with van der Waals surface area (Å²) in [5.41, 5.74) is 0.0578. The van der Waals surface area contributed by atoms with Gasteiger partial charge in [0.25, 0.3) is 0 Å². The van der Waals surface area contributed by atoms with E-state index in [2.05, 4.69) is 19.2 Å². The number of carbonyl (C=O) groups is 1. The van der Waals surface area contributed by atoms with Crippen LogP contribution in [0.3, 0.4) is 0 Å². The zero-order valence-electron chi connectivity index (χ0n) is 11.7. The average molecular weight is 257 g/mol. The van der Waals surface area contributed by atoms with Crippen LogP contribution in [0, 0.1) is 5.41 Å².